The van der Waals surface area contributed by atoms with Crippen LogP contribution in [0.3, 0.4) is 0 Å². The number of H-pyrrole nitrogens is 1. The van der Waals surface area contributed by atoms with Crippen LogP contribution in [-0.4, -0.2) is 46.2 Å². The Labute approximate surface area is 160 Å². The largest absolute Gasteiger partial charge is 0.467 e. The summed E-state index contributed by atoms with van der Waals surface area (Å²) in [6.45, 7) is 0. The zero-order valence-electron chi connectivity index (χ0n) is 14.5. The third-order valence-corrected chi connectivity index (χ3v) is 4.36. The van der Waals surface area contributed by atoms with Gasteiger partial charge in [0.15, 0.2) is 6.10 Å². The smallest absolute Gasteiger partial charge is 0.336 e. The van der Waals surface area contributed by atoms with Gasteiger partial charge in [0.05, 0.1) is 24.9 Å². The molecule has 7 nitrogen and oxygen atoms in total. The van der Waals surface area contributed by atoms with Gasteiger partial charge in [-0.1, -0.05) is 41.9 Å². The Kier molecular flexibility index (Phi) is 5.73. The molecule has 0 spiro atoms. The second-order valence-electron chi connectivity index (χ2n) is 6.01. The lowest BCUT2D eigenvalue weighted by molar-refractivity contribution is -0.151. The van der Waals surface area contributed by atoms with Crippen molar-refractivity contribution in [3.8, 4) is 0 Å². The Balaban J connectivity index is 1.82. The highest BCUT2D eigenvalue weighted by Gasteiger charge is 2.29. The lowest BCUT2D eigenvalue weighted by atomic mass is 10.0. The van der Waals surface area contributed by atoms with Crippen molar-refractivity contribution >= 4 is 34.4 Å². The molecule has 2 atom stereocenters. The Morgan fingerprint density at radius 3 is 2.74 bits per heavy atom. The molecule has 0 aliphatic rings. The van der Waals surface area contributed by atoms with Crippen LogP contribution >= 0.6 is 11.6 Å². The fourth-order valence-electron chi connectivity index (χ4n) is 2.77. The SMILES string of the molecule is COC(=O)[C@@H](O)[C@H](Cc1ccccc1)NC(=O)c1cc2cc(Cl)ncc2[nH]1. The number of amides is 1. The quantitative estimate of drug-likeness (QED) is 0.444. The van der Waals surface area contributed by atoms with E-state index < -0.39 is 24.0 Å². The van der Waals surface area contributed by atoms with Gasteiger partial charge in [-0.25, -0.2) is 9.78 Å². The average Bonchev–Trinajstić information content (AvgIpc) is 3.10. The van der Waals surface area contributed by atoms with E-state index >= 15 is 0 Å². The van der Waals surface area contributed by atoms with Crippen LogP contribution < -0.4 is 5.32 Å². The highest BCUT2D eigenvalue weighted by atomic mass is 35.5. The molecule has 0 unspecified atom stereocenters. The number of ether oxygens (including phenoxy) is 1. The van der Waals surface area contributed by atoms with E-state index in [1.807, 2.05) is 30.3 Å². The first-order valence-corrected chi connectivity index (χ1v) is 8.60. The third kappa shape index (κ3) is 4.45. The first-order chi connectivity index (χ1) is 13.0. The summed E-state index contributed by atoms with van der Waals surface area (Å²) in [4.78, 5) is 31.3. The molecule has 3 aromatic rings. The number of hydrogen-bond acceptors (Lipinski definition) is 5. The molecule has 1 aromatic carbocycles. The maximum Gasteiger partial charge on any atom is 0.336 e. The van der Waals surface area contributed by atoms with Crippen molar-refractivity contribution in [3.05, 3.63) is 65.1 Å². The van der Waals surface area contributed by atoms with Crippen molar-refractivity contribution in [2.75, 3.05) is 7.11 Å². The van der Waals surface area contributed by atoms with Crippen LogP contribution in [0.5, 0.6) is 0 Å². The van der Waals surface area contributed by atoms with Crippen LogP contribution in [-0.2, 0) is 16.0 Å². The van der Waals surface area contributed by atoms with Crippen molar-refractivity contribution in [2.45, 2.75) is 18.6 Å². The van der Waals surface area contributed by atoms with Crippen LogP contribution in [0.2, 0.25) is 5.15 Å². The number of aromatic nitrogens is 2. The molecule has 8 heteroatoms. The zero-order chi connectivity index (χ0) is 19.4. The van der Waals surface area contributed by atoms with E-state index in [9.17, 15) is 14.7 Å². The van der Waals surface area contributed by atoms with Gasteiger partial charge in [-0.15, -0.1) is 0 Å². The molecule has 0 aliphatic carbocycles. The second-order valence-corrected chi connectivity index (χ2v) is 6.40. The van der Waals surface area contributed by atoms with Crippen LogP contribution in [0.4, 0.5) is 0 Å². The first-order valence-electron chi connectivity index (χ1n) is 8.23. The summed E-state index contributed by atoms with van der Waals surface area (Å²) in [5.74, 6) is -1.28. The van der Waals surface area contributed by atoms with Crippen LogP contribution in [0.25, 0.3) is 10.9 Å². The Bertz CT molecular complexity index is 958. The number of carbonyl (C=O) groups is 2. The van der Waals surface area contributed by atoms with Gasteiger partial charge < -0.3 is 20.1 Å². The monoisotopic (exact) mass is 387 g/mol. The number of esters is 1. The predicted octanol–water partition coefficient (Wildman–Crippen LogP) is 2.09. The summed E-state index contributed by atoms with van der Waals surface area (Å²) in [7, 11) is 1.18. The standard InChI is InChI=1S/C19H18ClN3O4/c1-27-19(26)17(24)13(7-11-5-3-2-4-6-11)23-18(25)14-8-12-9-16(20)21-10-15(12)22-14/h2-6,8-10,13,17,22,24H,7H2,1H3,(H,23,25)/t13-,17-/m0/s1. The number of benzene rings is 1. The summed E-state index contributed by atoms with van der Waals surface area (Å²) < 4.78 is 4.61. The van der Waals surface area contributed by atoms with E-state index in [0.29, 0.717) is 10.7 Å². The summed E-state index contributed by atoms with van der Waals surface area (Å²) in [6, 6.07) is 11.6. The molecule has 2 heterocycles. The highest BCUT2D eigenvalue weighted by Crippen LogP contribution is 2.18. The van der Waals surface area contributed by atoms with Gasteiger partial charge in [0, 0.05) is 5.39 Å². The van der Waals surface area contributed by atoms with E-state index in [4.69, 9.17) is 11.6 Å². The Morgan fingerprint density at radius 2 is 2.04 bits per heavy atom. The fourth-order valence-corrected chi connectivity index (χ4v) is 2.93. The van der Waals surface area contributed by atoms with Crippen molar-refractivity contribution in [3.63, 3.8) is 0 Å². The van der Waals surface area contributed by atoms with Gasteiger partial charge in [0.2, 0.25) is 0 Å². The molecule has 140 valence electrons. The van der Waals surface area contributed by atoms with Crippen LogP contribution in [0.1, 0.15) is 16.1 Å². The molecular weight excluding hydrogens is 370 g/mol. The maximum atomic E-state index is 12.7. The topological polar surface area (TPSA) is 104 Å². The molecule has 27 heavy (non-hydrogen) atoms. The Morgan fingerprint density at radius 1 is 1.30 bits per heavy atom. The number of fused-ring (bicyclic) bond motifs is 1. The lowest BCUT2D eigenvalue weighted by Gasteiger charge is -2.22. The number of nitrogens with zero attached hydrogens (tertiary/aromatic N) is 1. The first kappa shape index (κ1) is 18.9. The third-order valence-electron chi connectivity index (χ3n) is 4.16. The molecule has 3 rings (SSSR count). The number of aliphatic hydroxyl groups excluding tert-OH is 1. The fraction of sp³-hybridized carbons (Fsp3) is 0.211. The molecule has 0 bridgehead atoms. The summed E-state index contributed by atoms with van der Waals surface area (Å²) in [5, 5.41) is 14.0. The minimum Gasteiger partial charge on any atom is -0.467 e. The summed E-state index contributed by atoms with van der Waals surface area (Å²) in [6.07, 6.45) is 0.287. The number of methoxy groups -OCH3 is 1. The summed E-state index contributed by atoms with van der Waals surface area (Å²) in [5.41, 5.74) is 1.78. The number of carbonyl (C=O) groups excluding carboxylic acids is 2. The molecule has 1 amide bonds. The molecular formula is C19H18ClN3O4. The Hall–Kier alpha value is -2.90. The van der Waals surface area contributed by atoms with Gasteiger partial charge in [0.1, 0.15) is 10.8 Å². The molecule has 0 fully saturated rings. The molecule has 0 saturated carbocycles. The highest BCUT2D eigenvalue weighted by molar-refractivity contribution is 6.30. The van der Waals surface area contributed by atoms with E-state index in [-0.39, 0.29) is 12.1 Å². The normalized spacial score (nSPS) is 13.1. The maximum absolute atomic E-state index is 12.7. The van der Waals surface area contributed by atoms with Gasteiger partial charge in [-0.2, -0.15) is 0 Å². The van der Waals surface area contributed by atoms with E-state index in [0.717, 1.165) is 10.9 Å². The van der Waals surface area contributed by atoms with Crippen molar-refractivity contribution in [2.24, 2.45) is 0 Å². The molecule has 0 aliphatic heterocycles. The lowest BCUT2D eigenvalue weighted by Crippen LogP contribution is -2.48. The molecule has 0 radical (unpaired) electrons. The number of hydrogen-bond donors (Lipinski definition) is 3. The number of rotatable bonds is 6. The van der Waals surface area contributed by atoms with E-state index in [1.54, 1.807) is 12.1 Å². The van der Waals surface area contributed by atoms with Gasteiger partial charge in [-0.3, -0.25) is 4.79 Å². The molecule has 2 aromatic heterocycles. The van der Waals surface area contributed by atoms with Crippen molar-refractivity contribution in [1.82, 2.24) is 15.3 Å². The average molecular weight is 388 g/mol. The second kappa shape index (κ2) is 8.20. The van der Waals surface area contributed by atoms with Crippen molar-refractivity contribution < 1.29 is 19.4 Å². The zero-order valence-corrected chi connectivity index (χ0v) is 15.2. The van der Waals surface area contributed by atoms with E-state index in [2.05, 4.69) is 20.0 Å². The van der Waals surface area contributed by atoms with E-state index in [1.165, 1.54) is 13.3 Å². The molecule has 3 N–H and O–H groups in total. The number of halogens is 1. The van der Waals surface area contributed by atoms with Crippen LogP contribution in [0, 0.1) is 0 Å². The number of pyridine rings is 1. The van der Waals surface area contributed by atoms with Crippen LogP contribution in [0.15, 0.2) is 48.7 Å². The minimum atomic E-state index is -1.50. The number of nitrogens with one attached hydrogen (secondary N) is 2. The summed E-state index contributed by atoms with van der Waals surface area (Å²) >= 11 is 5.86. The predicted molar refractivity (Wildman–Crippen MR) is 101 cm³/mol. The molecule has 0 saturated heterocycles. The minimum absolute atomic E-state index is 0.260. The van der Waals surface area contributed by atoms with Gasteiger partial charge >= 0.3 is 5.97 Å². The van der Waals surface area contributed by atoms with Gasteiger partial charge in [-0.05, 0) is 24.1 Å². The van der Waals surface area contributed by atoms with Gasteiger partial charge in [0.25, 0.3) is 5.91 Å². The number of aromatic amines is 1. The van der Waals surface area contributed by atoms with Crippen molar-refractivity contribution in [1.29, 1.82) is 0 Å². The number of aliphatic hydroxyl groups is 1.